The molecular formula is C13H15NO4. The smallest absolute Gasteiger partial charge is 0.434 e. The second kappa shape index (κ2) is 5.18. The topological polar surface area (TPSA) is 55.8 Å². The molecule has 1 aliphatic heterocycles. The molecule has 0 N–H and O–H groups in total. The van der Waals surface area contributed by atoms with Gasteiger partial charge in [0.15, 0.2) is 6.10 Å². The summed E-state index contributed by atoms with van der Waals surface area (Å²) in [6, 6.07) is 9.31. The molecule has 1 aromatic rings. The number of carbonyl (C=O) groups excluding carboxylic acids is 2. The molecule has 96 valence electrons. The van der Waals surface area contributed by atoms with E-state index in [4.69, 9.17) is 9.57 Å². The molecular weight excluding hydrogens is 234 g/mol. The van der Waals surface area contributed by atoms with Crippen LogP contribution in [0.5, 0.6) is 0 Å². The normalized spacial score (nSPS) is 19.5. The summed E-state index contributed by atoms with van der Waals surface area (Å²) in [4.78, 5) is 28.5. The van der Waals surface area contributed by atoms with Crippen molar-refractivity contribution in [1.29, 1.82) is 0 Å². The van der Waals surface area contributed by atoms with Crippen molar-refractivity contribution in [2.45, 2.75) is 26.6 Å². The molecule has 0 aromatic heterocycles. The Labute approximate surface area is 105 Å². The third-order valence-electron chi connectivity index (χ3n) is 2.65. The zero-order chi connectivity index (χ0) is 13.1. The quantitative estimate of drug-likeness (QED) is 0.820. The van der Waals surface area contributed by atoms with Gasteiger partial charge in [0.05, 0.1) is 0 Å². The fourth-order valence-electron chi connectivity index (χ4n) is 1.66. The molecule has 5 heteroatoms. The molecule has 1 saturated heterocycles. The second-order valence-electron chi connectivity index (χ2n) is 4.44. The van der Waals surface area contributed by atoms with Crippen LogP contribution in [0.1, 0.15) is 19.4 Å². The van der Waals surface area contributed by atoms with Crippen LogP contribution in [0.2, 0.25) is 0 Å². The van der Waals surface area contributed by atoms with Crippen molar-refractivity contribution < 1.29 is 19.2 Å². The molecule has 1 unspecified atom stereocenters. The van der Waals surface area contributed by atoms with Crippen LogP contribution < -0.4 is 0 Å². The van der Waals surface area contributed by atoms with Gasteiger partial charge in [0.2, 0.25) is 0 Å². The lowest BCUT2D eigenvalue weighted by Crippen LogP contribution is -2.33. The first kappa shape index (κ1) is 12.6. The fourth-order valence-corrected chi connectivity index (χ4v) is 1.66. The summed E-state index contributed by atoms with van der Waals surface area (Å²) in [6.45, 7) is 3.79. The average molecular weight is 249 g/mol. The van der Waals surface area contributed by atoms with Crippen LogP contribution in [-0.4, -0.2) is 23.2 Å². The molecule has 2 rings (SSSR count). The van der Waals surface area contributed by atoms with Gasteiger partial charge in [0.1, 0.15) is 6.61 Å². The number of cyclic esters (lactones) is 1. The summed E-state index contributed by atoms with van der Waals surface area (Å²) >= 11 is 0. The summed E-state index contributed by atoms with van der Waals surface area (Å²) in [7, 11) is 0. The molecule has 18 heavy (non-hydrogen) atoms. The molecule has 0 radical (unpaired) electrons. The molecule has 2 amide bonds. The van der Waals surface area contributed by atoms with Gasteiger partial charge in [0, 0.05) is 0 Å². The Bertz CT molecular complexity index is 444. The summed E-state index contributed by atoms with van der Waals surface area (Å²) in [5, 5.41) is 0.706. The monoisotopic (exact) mass is 249 g/mol. The summed E-state index contributed by atoms with van der Waals surface area (Å²) in [5.41, 5.74) is 0.881. The van der Waals surface area contributed by atoms with E-state index < -0.39 is 18.1 Å². The number of imide groups is 1. The molecule has 5 nitrogen and oxygen atoms in total. The van der Waals surface area contributed by atoms with Crippen molar-refractivity contribution in [3.05, 3.63) is 35.9 Å². The first-order chi connectivity index (χ1) is 8.59. The third kappa shape index (κ3) is 2.51. The van der Waals surface area contributed by atoms with Gasteiger partial charge in [-0.1, -0.05) is 44.2 Å². The van der Waals surface area contributed by atoms with Crippen LogP contribution in [0.15, 0.2) is 30.3 Å². The van der Waals surface area contributed by atoms with Crippen LogP contribution in [0.3, 0.4) is 0 Å². The summed E-state index contributed by atoms with van der Waals surface area (Å²) < 4.78 is 4.95. The van der Waals surface area contributed by atoms with Crippen LogP contribution in [0.4, 0.5) is 4.79 Å². The number of hydrogen-bond acceptors (Lipinski definition) is 4. The van der Waals surface area contributed by atoms with E-state index in [0.29, 0.717) is 5.06 Å². The number of hydrogen-bond donors (Lipinski definition) is 0. The largest absolute Gasteiger partial charge is 0.442 e. The molecule has 1 atom stereocenters. The molecule has 1 fully saturated rings. The van der Waals surface area contributed by atoms with Crippen molar-refractivity contribution in [2.75, 3.05) is 0 Å². The molecule has 1 aliphatic rings. The van der Waals surface area contributed by atoms with E-state index in [1.807, 2.05) is 44.2 Å². The average Bonchev–Trinajstić information content (AvgIpc) is 2.64. The minimum absolute atomic E-state index is 0.0632. The number of benzene rings is 1. The van der Waals surface area contributed by atoms with E-state index in [0.717, 1.165) is 5.56 Å². The molecule has 1 heterocycles. The van der Waals surface area contributed by atoms with E-state index in [1.165, 1.54) is 0 Å². The van der Waals surface area contributed by atoms with Crippen molar-refractivity contribution in [2.24, 2.45) is 5.92 Å². The van der Waals surface area contributed by atoms with Gasteiger partial charge < -0.3 is 4.74 Å². The minimum Gasteiger partial charge on any atom is -0.434 e. The number of nitrogens with zero attached hydrogens (tertiary/aromatic N) is 1. The Morgan fingerprint density at radius 2 is 1.94 bits per heavy atom. The van der Waals surface area contributed by atoms with Gasteiger partial charge >= 0.3 is 6.09 Å². The Kier molecular flexibility index (Phi) is 3.62. The number of hydroxylamine groups is 2. The maximum atomic E-state index is 11.8. The second-order valence-corrected chi connectivity index (χ2v) is 4.44. The lowest BCUT2D eigenvalue weighted by molar-refractivity contribution is -0.167. The molecule has 0 aliphatic carbocycles. The Morgan fingerprint density at radius 3 is 2.50 bits per heavy atom. The van der Waals surface area contributed by atoms with E-state index in [9.17, 15) is 9.59 Å². The predicted molar refractivity (Wildman–Crippen MR) is 63.2 cm³/mol. The SMILES string of the molecule is CC(C)C1OC(=O)N(OCc2ccccc2)C1=O. The van der Waals surface area contributed by atoms with Gasteiger partial charge in [0.25, 0.3) is 5.91 Å². The molecule has 1 aromatic carbocycles. The van der Waals surface area contributed by atoms with Crippen LogP contribution in [0.25, 0.3) is 0 Å². The predicted octanol–water partition coefficient (Wildman–Crippen LogP) is 2.12. The van der Waals surface area contributed by atoms with Gasteiger partial charge in [-0.05, 0) is 11.5 Å². The first-order valence-electron chi connectivity index (χ1n) is 5.81. The van der Waals surface area contributed by atoms with Crippen LogP contribution in [0, 0.1) is 5.92 Å². The van der Waals surface area contributed by atoms with Crippen LogP contribution in [-0.2, 0) is 21.0 Å². The van der Waals surface area contributed by atoms with Gasteiger partial charge in [-0.3, -0.25) is 9.63 Å². The highest BCUT2D eigenvalue weighted by atomic mass is 16.8. The number of amides is 2. The molecule has 0 saturated carbocycles. The van der Waals surface area contributed by atoms with Gasteiger partial charge in [-0.2, -0.15) is 0 Å². The third-order valence-corrected chi connectivity index (χ3v) is 2.65. The highest BCUT2D eigenvalue weighted by Gasteiger charge is 2.43. The Hall–Kier alpha value is -1.88. The minimum atomic E-state index is -0.742. The zero-order valence-corrected chi connectivity index (χ0v) is 10.3. The van der Waals surface area contributed by atoms with Gasteiger partial charge in [-0.25, -0.2) is 4.79 Å². The lowest BCUT2D eigenvalue weighted by Gasteiger charge is -2.12. The molecule has 0 spiro atoms. The van der Waals surface area contributed by atoms with Crippen molar-refractivity contribution in [3.63, 3.8) is 0 Å². The van der Waals surface area contributed by atoms with Crippen LogP contribution >= 0.6 is 0 Å². The van der Waals surface area contributed by atoms with Crippen molar-refractivity contribution in [3.8, 4) is 0 Å². The van der Waals surface area contributed by atoms with Crippen molar-refractivity contribution in [1.82, 2.24) is 5.06 Å². The Balaban J connectivity index is 1.98. The number of ether oxygens (including phenoxy) is 1. The van der Waals surface area contributed by atoms with E-state index >= 15 is 0 Å². The molecule has 0 bridgehead atoms. The maximum absolute atomic E-state index is 11.8. The highest BCUT2D eigenvalue weighted by molar-refractivity contribution is 5.98. The standard InChI is InChI=1S/C13H15NO4/c1-9(2)11-12(15)14(13(16)18-11)17-8-10-6-4-3-5-7-10/h3-7,9,11H,8H2,1-2H3. The Morgan fingerprint density at radius 1 is 1.28 bits per heavy atom. The highest BCUT2D eigenvalue weighted by Crippen LogP contribution is 2.20. The maximum Gasteiger partial charge on any atom is 0.442 e. The number of rotatable bonds is 4. The number of carbonyl (C=O) groups is 2. The van der Waals surface area contributed by atoms with E-state index in [-0.39, 0.29) is 12.5 Å². The lowest BCUT2D eigenvalue weighted by atomic mass is 10.1. The van der Waals surface area contributed by atoms with E-state index in [1.54, 1.807) is 0 Å². The fraction of sp³-hybridized carbons (Fsp3) is 0.385. The van der Waals surface area contributed by atoms with E-state index in [2.05, 4.69) is 0 Å². The first-order valence-corrected chi connectivity index (χ1v) is 5.81. The summed E-state index contributed by atoms with van der Waals surface area (Å²) in [6.07, 6.45) is -1.48. The van der Waals surface area contributed by atoms with Crippen molar-refractivity contribution >= 4 is 12.0 Å². The zero-order valence-electron chi connectivity index (χ0n) is 10.3. The summed E-state index contributed by atoms with van der Waals surface area (Å²) in [5.74, 6) is -0.502. The van der Waals surface area contributed by atoms with Gasteiger partial charge in [-0.15, -0.1) is 5.06 Å².